The Balaban J connectivity index is 4.01. The summed E-state index contributed by atoms with van der Waals surface area (Å²) >= 11 is 6.03. The van der Waals surface area contributed by atoms with Gasteiger partial charge in [-0.15, -0.1) is 11.6 Å². The van der Waals surface area contributed by atoms with Crippen LogP contribution < -0.4 is 0 Å². The summed E-state index contributed by atoms with van der Waals surface area (Å²) in [5, 5.41) is 0. The Labute approximate surface area is 330 Å². The van der Waals surface area contributed by atoms with E-state index in [1.807, 2.05) is 0 Å². The average molecular weight is 757 g/mol. The maximum absolute atomic E-state index is 12.7. The molecule has 0 bridgehead atoms. The molecule has 0 saturated heterocycles. The van der Waals surface area contributed by atoms with Crippen LogP contribution in [0, 0.1) is 5.92 Å². The third kappa shape index (κ3) is 38.9. The van der Waals surface area contributed by atoms with Crippen LogP contribution in [0.3, 0.4) is 0 Å². The number of carbonyl (C=O) groups excluding carboxylic acids is 2. The molecule has 0 aromatic rings. The molecule has 0 amide bonds. The van der Waals surface area contributed by atoms with Crippen LogP contribution >= 0.6 is 11.6 Å². The number of esters is 2. The summed E-state index contributed by atoms with van der Waals surface area (Å²) in [5.74, 6) is 1.54. The molecule has 0 rings (SSSR count). The second-order valence-electron chi connectivity index (χ2n) is 16.3. The van der Waals surface area contributed by atoms with Crippen molar-refractivity contribution in [2.45, 2.75) is 246 Å². The van der Waals surface area contributed by atoms with E-state index >= 15 is 0 Å². The normalized spacial score (nSPS) is 11.7. The second kappa shape index (κ2) is 41.4. The quantitative estimate of drug-likeness (QED) is 0.0353. The maximum atomic E-state index is 12.7. The third-order valence-electron chi connectivity index (χ3n) is 10.6. The first-order valence-electron chi connectivity index (χ1n) is 23.1. The molecule has 5 nitrogen and oxygen atoms in total. The molecule has 0 aliphatic carbocycles. The van der Waals surface area contributed by atoms with Gasteiger partial charge in [0.1, 0.15) is 6.10 Å². The summed E-state index contributed by atoms with van der Waals surface area (Å²) in [5.41, 5.74) is 0. The van der Waals surface area contributed by atoms with Gasteiger partial charge >= 0.3 is 11.9 Å². The van der Waals surface area contributed by atoms with Crippen LogP contribution in [0.2, 0.25) is 0 Å². The van der Waals surface area contributed by atoms with E-state index in [0.29, 0.717) is 19.4 Å². The Morgan fingerprint density at radius 2 is 0.885 bits per heavy atom. The van der Waals surface area contributed by atoms with E-state index in [0.717, 1.165) is 82.8 Å². The van der Waals surface area contributed by atoms with Gasteiger partial charge in [0.25, 0.3) is 0 Å². The predicted molar refractivity (Wildman–Crippen MR) is 227 cm³/mol. The smallest absolute Gasteiger partial charge is 0.306 e. The molecule has 0 radical (unpaired) electrons. The second-order valence-corrected chi connectivity index (χ2v) is 16.7. The zero-order valence-corrected chi connectivity index (χ0v) is 36.2. The van der Waals surface area contributed by atoms with Gasteiger partial charge in [0.15, 0.2) is 0 Å². The van der Waals surface area contributed by atoms with E-state index in [2.05, 4.69) is 32.6 Å². The molecule has 0 spiro atoms. The molecule has 0 aliphatic heterocycles. The molecule has 0 aliphatic rings. The SMILES string of the molecule is CCCCCCCCC(CCCCCCCC)OC(=O)CCCCCCCN(CCCCl)CCCCCCCC(=O)OCCCCCCCC(C)C. The standard InChI is InChI=1S/C46H90ClNO4/c1-5-7-9-11-17-25-34-44(35-26-18-12-10-8-6-2)52-46(50)37-28-20-14-22-30-40-48(41-32-38-47)39-29-21-13-19-27-36-45(49)51-42-31-23-15-16-24-33-43(3)4/h43-44H,5-42H2,1-4H3. The molecule has 0 saturated carbocycles. The van der Waals surface area contributed by atoms with E-state index in [4.69, 9.17) is 21.1 Å². The fraction of sp³-hybridized carbons (Fsp3) is 0.957. The first-order valence-corrected chi connectivity index (χ1v) is 23.6. The number of hydrogen-bond donors (Lipinski definition) is 0. The summed E-state index contributed by atoms with van der Waals surface area (Å²) in [7, 11) is 0. The molecular formula is C46H90ClNO4. The zero-order chi connectivity index (χ0) is 38.2. The zero-order valence-electron chi connectivity index (χ0n) is 35.5. The maximum Gasteiger partial charge on any atom is 0.306 e. The van der Waals surface area contributed by atoms with Crippen molar-refractivity contribution >= 4 is 23.5 Å². The number of carbonyl (C=O) groups is 2. The highest BCUT2D eigenvalue weighted by atomic mass is 35.5. The lowest BCUT2D eigenvalue weighted by Gasteiger charge is -2.22. The van der Waals surface area contributed by atoms with E-state index in [9.17, 15) is 9.59 Å². The molecule has 0 atom stereocenters. The minimum atomic E-state index is -0.0155. The predicted octanol–water partition coefficient (Wildman–Crippen LogP) is 14.6. The Bertz CT molecular complexity index is 732. The van der Waals surface area contributed by atoms with Gasteiger partial charge in [-0.05, 0) is 89.8 Å². The van der Waals surface area contributed by atoms with Gasteiger partial charge in [-0.1, -0.05) is 163 Å². The number of ether oxygens (including phenoxy) is 2. The first-order chi connectivity index (χ1) is 25.4. The van der Waals surface area contributed by atoms with Gasteiger partial charge in [0, 0.05) is 18.7 Å². The van der Waals surface area contributed by atoms with Gasteiger partial charge in [0.2, 0.25) is 0 Å². The Morgan fingerprint density at radius 3 is 1.38 bits per heavy atom. The molecule has 0 heterocycles. The minimum absolute atomic E-state index is 0.0155. The Kier molecular flexibility index (Phi) is 40.7. The monoisotopic (exact) mass is 756 g/mol. The average Bonchev–Trinajstić information content (AvgIpc) is 3.12. The van der Waals surface area contributed by atoms with Crippen LogP contribution in [0.5, 0.6) is 0 Å². The van der Waals surface area contributed by atoms with Gasteiger partial charge in [-0.2, -0.15) is 0 Å². The van der Waals surface area contributed by atoms with Gasteiger partial charge in [-0.3, -0.25) is 9.59 Å². The third-order valence-corrected chi connectivity index (χ3v) is 10.8. The number of halogens is 1. The molecule has 0 N–H and O–H groups in total. The minimum Gasteiger partial charge on any atom is -0.466 e. The number of rotatable bonds is 42. The highest BCUT2D eigenvalue weighted by molar-refractivity contribution is 6.17. The summed E-state index contributed by atoms with van der Waals surface area (Å²) < 4.78 is 11.5. The fourth-order valence-corrected chi connectivity index (χ4v) is 7.26. The summed E-state index contributed by atoms with van der Waals surface area (Å²) in [6.45, 7) is 13.1. The lowest BCUT2D eigenvalue weighted by molar-refractivity contribution is -0.150. The number of hydrogen-bond acceptors (Lipinski definition) is 5. The number of nitrogens with zero attached hydrogens (tertiary/aromatic N) is 1. The van der Waals surface area contributed by atoms with Crippen LogP contribution in [0.4, 0.5) is 0 Å². The van der Waals surface area contributed by atoms with Crippen LogP contribution in [0.25, 0.3) is 0 Å². The summed E-state index contributed by atoms with van der Waals surface area (Å²) in [4.78, 5) is 27.4. The van der Waals surface area contributed by atoms with Crippen molar-refractivity contribution in [2.24, 2.45) is 5.92 Å². The van der Waals surface area contributed by atoms with Crippen LogP contribution in [-0.2, 0) is 19.1 Å². The van der Waals surface area contributed by atoms with Crippen LogP contribution in [0.1, 0.15) is 240 Å². The van der Waals surface area contributed by atoms with E-state index in [1.54, 1.807) is 0 Å². The van der Waals surface area contributed by atoms with Gasteiger partial charge in [0.05, 0.1) is 6.61 Å². The molecule has 0 aromatic heterocycles. The van der Waals surface area contributed by atoms with E-state index in [-0.39, 0.29) is 18.0 Å². The van der Waals surface area contributed by atoms with E-state index < -0.39 is 0 Å². The van der Waals surface area contributed by atoms with Crippen molar-refractivity contribution < 1.29 is 19.1 Å². The lowest BCUT2D eigenvalue weighted by Crippen LogP contribution is -2.27. The Hall–Kier alpha value is -0.810. The molecule has 6 heteroatoms. The topological polar surface area (TPSA) is 55.8 Å². The van der Waals surface area contributed by atoms with Gasteiger partial charge < -0.3 is 14.4 Å². The fourth-order valence-electron chi connectivity index (χ4n) is 7.14. The van der Waals surface area contributed by atoms with Crippen molar-refractivity contribution in [3.8, 4) is 0 Å². The first kappa shape index (κ1) is 51.2. The van der Waals surface area contributed by atoms with Gasteiger partial charge in [-0.25, -0.2) is 0 Å². The molecular weight excluding hydrogens is 666 g/mol. The lowest BCUT2D eigenvalue weighted by atomic mass is 10.0. The van der Waals surface area contributed by atoms with E-state index in [1.165, 1.54) is 148 Å². The highest BCUT2D eigenvalue weighted by Crippen LogP contribution is 2.19. The molecule has 0 unspecified atom stereocenters. The van der Waals surface area contributed by atoms with Crippen molar-refractivity contribution in [1.82, 2.24) is 4.90 Å². The number of alkyl halides is 1. The highest BCUT2D eigenvalue weighted by Gasteiger charge is 2.14. The van der Waals surface area contributed by atoms with Crippen LogP contribution in [-0.4, -0.2) is 55.1 Å². The summed E-state index contributed by atoms with van der Waals surface area (Å²) in [6.07, 6.45) is 38.6. The van der Waals surface area contributed by atoms with Crippen molar-refractivity contribution in [1.29, 1.82) is 0 Å². The van der Waals surface area contributed by atoms with Crippen molar-refractivity contribution in [3.63, 3.8) is 0 Å². The molecule has 310 valence electrons. The molecule has 0 fully saturated rings. The van der Waals surface area contributed by atoms with Crippen molar-refractivity contribution in [3.05, 3.63) is 0 Å². The Morgan fingerprint density at radius 1 is 0.481 bits per heavy atom. The largest absolute Gasteiger partial charge is 0.466 e. The summed E-state index contributed by atoms with van der Waals surface area (Å²) in [6, 6.07) is 0. The van der Waals surface area contributed by atoms with Crippen LogP contribution in [0.15, 0.2) is 0 Å². The number of unbranched alkanes of at least 4 members (excludes halogenated alkanes) is 22. The van der Waals surface area contributed by atoms with Crippen molar-refractivity contribution in [2.75, 3.05) is 32.1 Å². The molecule has 0 aromatic carbocycles. The molecule has 52 heavy (non-hydrogen) atoms.